The van der Waals surface area contributed by atoms with Crippen LogP contribution in [0.3, 0.4) is 0 Å². The van der Waals surface area contributed by atoms with Crippen molar-refractivity contribution in [2.24, 2.45) is 5.92 Å². The minimum absolute atomic E-state index is 0.0198. The highest BCUT2D eigenvalue weighted by Crippen LogP contribution is 2.22. The lowest BCUT2D eigenvalue weighted by molar-refractivity contribution is -0.153. The van der Waals surface area contributed by atoms with Gasteiger partial charge in [0.05, 0.1) is 11.0 Å². The number of sulfone groups is 1. The Morgan fingerprint density at radius 3 is 2.41 bits per heavy atom. The van der Waals surface area contributed by atoms with Gasteiger partial charge in [0.1, 0.15) is 5.60 Å². The summed E-state index contributed by atoms with van der Waals surface area (Å²) < 4.78 is 23.1. The topological polar surface area (TPSA) is 74.7 Å². The summed E-state index contributed by atoms with van der Waals surface area (Å²) in [5.41, 5.74) is -1.43. The summed E-state index contributed by atoms with van der Waals surface area (Å²) in [4.78, 5) is 13.5. The van der Waals surface area contributed by atoms with E-state index in [2.05, 4.69) is 0 Å². The number of aliphatic hydroxyl groups is 1. The molecule has 1 saturated heterocycles. The molecule has 5 nitrogen and oxygen atoms in total. The van der Waals surface area contributed by atoms with Crippen molar-refractivity contribution in [1.82, 2.24) is 4.90 Å². The van der Waals surface area contributed by atoms with Gasteiger partial charge in [-0.3, -0.25) is 4.79 Å². The molecule has 6 heteroatoms. The number of hydrogen-bond donors (Lipinski definition) is 1. The van der Waals surface area contributed by atoms with Crippen LogP contribution in [0, 0.1) is 5.92 Å². The molecule has 0 spiro atoms. The van der Waals surface area contributed by atoms with Gasteiger partial charge in [-0.25, -0.2) is 8.42 Å². The molecule has 0 radical (unpaired) electrons. The second-order valence-corrected chi connectivity index (χ2v) is 7.77. The first-order chi connectivity index (χ1) is 7.59. The normalized spacial score (nSPS) is 27.9. The molecule has 0 aliphatic carbocycles. The molecule has 1 aliphatic heterocycles. The Labute approximate surface area is 103 Å². The van der Waals surface area contributed by atoms with Gasteiger partial charge in [-0.05, 0) is 19.8 Å². The highest BCUT2D eigenvalue weighted by Gasteiger charge is 2.41. The zero-order chi connectivity index (χ0) is 13.4. The maximum atomic E-state index is 12.1. The Hall–Kier alpha value is -0.620. The second-order valence-electron chi connectivity index (χ2n) is 5.23. The molecular weight excluding hydrogens is 242 g/mol. The maximum Gasteiger partial charge on any atom is 0.254 e. The van der Waals surface area contributed by atoms with Crippen LogP contribution in [0.5, 0.6) is 0 Å². The molecule has 2 unspecified atom stereocenters. The van der Waals surface area contributed by atoms with Gasteiger partial charge in [0, 0.05) is 13.1 Å². The Bertz CT molecular complexity index is 400. The van der Waals surface area contributed by atoms with Crippen LogP contribution in [0.2, 0.25) is 0 Å². The third-order valence-corrected chi connectivity index (χ3v) is 5.71. The molecule has 100 valence electrons. The number of carbonyl (C=O) groups is 1. The lowest BCUT2D eigenvalue weighted by Gasteiger charge is -2.37. The molecule has 2 atom stereocenters. The molecule has 0 aromatic carbocycles. The van der Waals surface area contributed by atoms with Crippen LogP contribution in [0.1, 0.15) is 27.7 Å². The van der Waals surface area contributed by atoms with Crippen molar-refractivity contribution in [2.75, 3.05) is 18.8 Å². The number of hydrogen-bond acceptors (Lipinski definition) is 4. The standard InChI is InChI=1S/C11H21NO4S/c1-8(2)11(4,14)10(13)12-5-6-17(15,16)9(3)7-12/h8-9,14H,5-7H2,1-4H3. The first kappa shape index (κ1) is 14.4. The first-order valence-electron chi connectivity index (χ1n) is 5.82. The van der Waals surface area contributed by atoms with E-state index < -0.39 is 20.7 Å². The van der Waals surface area contributed by atoms with Gasteiger partial charge in [-0.2, -0.15) is 0 Å². The van der Waals surface area contributed by atoms with E-state index in [9.17, 15) is 18.3 Å². The van der Waals surface area contributed by atoms with Gasteiger partial charge >= 0.3 is 0 Å². The van der Waals surface area contributed by atoms with Gasteiger partial charge in [0.2, 0.25) is 0 Å². The van der Waals surface area contributed by atoms with E-state index in [0.29, 0.717) is 0 Å². The van der Waals surface area contributed by atoms with E-state index in [0.717, 1.165) is 0 Å². The third-order valence-electron chi connectivity index (χ3n) is 3.58. The Kier molecular flexibility index (Phi) is 3.88. The van der Waals surface area contributed by atoms with Gasteiger partial charge in [-0.15, -0.1) is 0 Å². The quantitative estimate of drug-likeness (QED) is 0.763. The monoisotopic (exact) mass is 263 g/mol. The van der Waals surface area contributed by atoms with E-state index in [4.69, 9.17) is 0 Å². The predicted octanol–water partition coefficient (Wildman–Crippen LogP) is 0.0389. The lowest BCUT2D eigenvalue weighted by atomic mass is 9.91. The Morgan fingerprint density at radius 2 is 2.00 bits per heavy atom. The van der Waals surface area contributed by atoms with Crippen LogP contribution in [0.4, 0.5) is 0 Å². The molecule has 1 fully saturated rings. The highest BCUT2D eigenvalue weighted by molar-refractivity contribution is 7.92. The van der Waals surface area contributed by atoms with Crippen molar-refractivity contribution < 1.29 is 18.3 Å². The zero-order valence-corrected chi connectivity index (χ0v) is 11.6. The summed E-state index contributed by atoms with van der Waals surface area (Å²) in [5, 5.41) is 9.54. The van der Waals surface area contributed by atoms with E-state index in [-0.39, 0.29) is 30.7 Å². The van der Waals surface area contributed by atoms with Gasteiger partial charge in [0.25, 0.3) is 5.91 Å². The molecule has 1 rings (SSSR count). The minimum atomic E-state index is -3.07. The summed E-state index contributed by atoms with van der Waals surface area (Å²) in [5.74, 6) is -0.605. The fourth-order valence-electron chi connectivity index (χ4n) is 1.71. The maximum absolute atomic E-state index is 12.1. The molecule has 0 saturated carbocycles. The summed E-state index contributed by atoms with van der Waals surface area (Å²) in [7, 11) is -3.07. The van der Waals surface area contributed by atoms with Crippen LogP contribution in [-0.4, -0.2) is 54.0 Å². The van der Waals surface area contributed by atoms with Crippen LogP contribution in [-0.2, 0) is 14.6 Å². The Balaban J connectivity index is 2.81. The molecule has 0 aromatic rings. The molecule has 0 bridgehead atoms. The van der Waals surface area contributed by atoms with Crippen molar-refractivity contribution in [3.63, 3.8) is 0 Å². The van der Waals surface area contributed by atoms with Crippen LogP contribution in [0.25, 0.3) is 0 Å². The second kappa shape index (κ2) is 4.57. The van der Waals surface area contributed by atoms with Crippen LogP contribution in [0.15, 0.2) is 0 Å². The van der Waals surface area contributed by atoms with Crippen molar-refractivity contribution >= 4 is 15.7 Å². The SMILES string of the molecule is CC(C)C(C)(O)C(=O)N1CCS(=O)(=O)C(C)C1. The predicted molar refractivity (Wildman–Crippen MR) is 65.3 cm³/mol. The average Bonchev–Trinajstić information content (AvgIpc) is 2.21. The van der Waals surface area contributed by atoms with Crippen molar-refractivity contribution in [3.05, 3.63) is 0 Å². The van der Waals surface area contributed by atoms with E-state index in [1.807, 2.05) is 0 Å². The molecular formula is C11H21NO4S. The Morgan fingerprint density at radius 1 is 1.47 bits per heavy atom. The van der Waals surface area contributed by atoms with Crippen LogP contribution < -0.4 is 0 Å². The van der Waals surface area contributed by atoms with Gasteiger partial charge in [0.15, 0.2) is 9.84 Å². The smallest absolute Gasteiger partial charge is 0.254 e. The molecule has 1 amide bonds. The van der Waals surface area contributed by atoms with E-state index in [1.54, 1.807) is 20.8 Å². The molecule has 0 aromatic heterocycles. The number of rotatable bonds is 2. The molecule has 1 aliphatic rings. The zero-order valence-electron chi connectivity index (χ0n) is 10.8. The van der Waals surface area contributed by atoms with Crippen molar-refractivity contribution in [3.8, 4) is 0 Å². The number of nitrogens with zero attached hydrogens (tertiary/aromatic N) is 1. The fourth-order valence-corrected chi connectivity index (χ4v) is 2.99. The summed E-state index contributed by atoms with van der Waals surface area (Å²) >= 11 is 0. The number of amides is 1. The number of carbonyl (C=O) groups excluding carboxylic acids is 1. The van der Waals surface area contributed by atoms with Gasteiger partial charge in [-0.1, -0.05) is 13.8 Å². The van der Waals surface area contributed by atoms with Crippen molar-refractivity contribution in [2.45, 2.75) is 38.5 Å². The molecule has 1 heterocycles. The average molecular weight is 263 g/mol. The summed E-state index contributed by atoms with van der Waals surface area (Å²) in [6.07, 6.45) is 0. The third kappa shape index (κ3) is 2.80. The van der Waals surface area contributed by atoms with Crippen LogP contribution >= 0.6 is 0 Å². The molecule has 1 N–H and O–H groups in total. The van der Waals surface area contributed by atoms with Gasteiger partial charge < -0.3 is 10.0 Å². The fraction of sp³-hybridized carbons (Fsp3) is 0.909. The van der Waals surface area contributed by atoms with E-state index >= 15 is 0 Å². The first-order valence-corrected chi connectivity index (χ1v) is 7.54. The summed E-state index contributed by atoms with van der Waals surface area (Å²) in [6, 6.07) is 0. The highest BCUT2D eigenvalue weighted by atomic mass is 32.2. The summed E-state index contributed by atoms with van der Waals surface area (Å²) in [6.45, 7) is 6.95. The lowest BCUT2D eigenvalue weighted by Crippen LogP contribution is -2.56. The largest absolute Gasteiger partial charge is 0.380 e. The minimum Gasteiger partial charge on any atom is -0.380 e. The van der Waals surface area contributed by atoms with Crippen molar-refractivity contribution in [1.29, 1.82) is 0 Å². The molecule has 17 heavy (non-hydrogen) atoms. The van der Waals surface area contributed by atoms with E-state index in [1.165, 1.54) is 11.8 Å².